The van der Waals surface area contributed by atoms with Crippen LogP contribution in [-0.2, 0) is 9.47 Å². The molecule has 0 saturated carbocycles. The van der Waals surface area contributed by atoms with Crippen LogP contribution in [0.25, 0.3) is 11.1 Å². The lowest BCUT2D eigenvalue weighted by molar-refractivity contribution is -0.164. The van der Waals surface area contributed by atoms with Crippen molar-refractivity contribution < 1.29 is 14.6 Å². The zero-order valence-corrected chi connectivity index (χ0v) is 15.8. The molecule has 4 heteroatoms. The average Bonchev–Trinajstić information content (AvgIpc) is 3.32. The first-order valence-electron chi connectivity index (χ1n) is 9.32. The third kappa shape index (κ3) is 4.91. The summed E-state index contributed by atoms with van der Waals surface area (Å²) in [6, 6.07) is 12.4. The van der Waals surface area contributed by atoms with Gasteiger partial charge in [0.2, 0.25) is 0 Å². The van der Waals surface area contributed by atoms with Crippen LogP contribution in [0.1, 0.15) is 56.4 Å². The molecule has 2 heterocycles. The van der Waals surface area contributed by atoms with E-state index in [2.05, 4.69) is 30.5 Å². The van der Waals surface area contributed by atoms with Crippen LogP contribution in [0.5, 0.6) is 0 Å². The largest absolute Gasteiger partial charge is 0.388 e. The third-order valence-electron chi connectivity index (χ3n) is 4.94. The molecule has 1 aromatic heterocycles. The summed E-state index contributed by atoms with van der Waals surface area (Å²) >= 11 is 1.65. The minimum atomic E-state index is -0.360. The Morgan fingerprint density at radius 2 is 1.84 bits per heavy atom. The van der Waals surface area contributed by atoms with Crippen LogP contribution < -0.4 is 0 Å². The van der Waals surface area contributed by atoms with Crippen LogP contribution in [0.15, 0.2) is 41.8 Å². The minimum absolute atomic E-state index is 0.336. The van der Waals surface area contributed by atoms with Crippen molar-refractivity contribution in [1.82, 2.24) is 0 Å². The van der Waals surface area contributed by atoms with Gasteiger partial charge in [-0.2, -0.15) is 0 Å². The highest BCUT2D eigenvalue weighted by atomic mass is 32.1. The summed E-state index contributed by atoms with van der Waals surface area (Å²) in [5, 5.41) is 12.6. The van der Waals surface area contributed by atoms with Crippen LogP contribution >= 0.6 is 11.3 Å². The zero-order valence-electron chi connectivity index (χ0n) is 14.9. The molecule has 1 aliphatic rings. The Labute approximate surface area is 154 Å². The SMILES string of the molecule is CCC1(CCCCCC(O)c2cc(-c3ccccc3)cs2)OCCO1. The Morgan fingerprint density at radius 1 is 1.08 bits per heavy atom. The summed E-state index contributed by atoms with van der Waals surface area (Å²) in [7, 11) is 0. The van der Waals surface area contributed by atoms with E-state index in [0.29, 0.717) is 13.2 Å². The molecule has 2 aromatic rings. The van der Waals surface area contributed by atoms with Gasteiger partial charge in [-0.25, -0.2) is 0 Å². The molecule has 1 aliphatic heterocycles. The number of rotatable bonds is 9. The second-order valence-corrected chi connectivity index (χ2v) is 7.62. The topological polar surface area (TPSA) is 38.7 Å². The second kappa shape index (κ2) is 8.95. The molecule has 0 radical (unpaired) electrons. The van der Waals surface area contributed by atoms with Crippen LogP contribution in [0.4, 0.5) is 0 Å². The highest BCUT2D eigenvalue weighted by Gasteiger charge is 2.33. The summed E-state index contributed by atoms with van der Waals surface area (Å²) in [6.45, 7) is 3.56. The van der Waals surface area contributed by atoms with Crippen molar-refractivity contribution >= 4 is 11.3 Å². The fourth-order valence-electron chi connectivity index (χ4n) is 3.38. The minimum Gasteiger partial charge on any atom is -0.388 e. The number of hydrogen-bond acceptors (Lipinski definition) is 4. The summed E-state index contributed by atoms with van der Waals surface area (Å²) in [6.07, 6.45) is 5.53. The van der Waals surface area contributed by atoms with E-state index in [0.717, 1.165) is 43.4 Å². The molecule has 1 saturated heterocycles. The molecule has 0 amide bonds. The molecule has 1 aromatic carbocycles. The van der Waals surface area contributed by atoms with Crippen molar-refractivity contribution in [2.45, 2.75) is 57.3 Å². The number of aliphatic hydroxyl groups excluding tert-OH is 1. The Balaban J connectivity index is 1.41. The second-order valence-electron chi connectivity index (χ2n) is 6.68. The van der Waals surface area contributed by atoms with E-state index in [-0.39, 0.29) is 11.9 Å². The Bertz CT molecular complexity index is 632. The monoisotopic (exact) mass is 360 g/mol. The fourth-order valence-corrected chi connectivity index (χ4v) is 4.32. The van der Waals surface area contributed by atoms with Crippen molar-refractivity contribution in [3.05, 3.63) is 46.7 Å². The van der Waals surface area contributed by atoms with Crippen molar-refractivity contribution in [1.29, 1.82) is 0 Å². The Hall–Kier alpha value is -1.20. The van der Waals surface area contributed by atoms with Crippen LogP contribution in [0, 0.1) is 0 Å². The van der Waals surface area contributed by atoms with Gasteiger partial charge in [-0.05, 0) is 41.8 Å². The molecule has 0 spiro atoms. The van der Waals surface area contributed by atoms with Gasteiger partial charge in [0.25, 0.3) is 0 Å². The van der Waals surface area contributed by atoms with Gasteiger partial charge in [-0.15, -0.1) is 11.3 Å². The molecule has 1 atom stereocenters. The van der Waals surface area contributed by atoms with Gasteiger partial charge in [-0.3, -0.25) is 0 Å². The maximum atomic E-state index is 10.4. The van der Waals surface area contributed by atoms with E-state index in [1.54, 1.807) is 11.3 Å². The molecule has 136 valence electrons. The van der Waals surface area contributed by atoms with Gasteiger partial charge in [0, 0.05) is 11.3 Å². The fraction of sp³-hybridized carbons (Fsp3) is 0.524. The highest BCUT2D eigenvalue weighted by molar-refractivity contribution is 7.10. The smallest absolute Gasteiger partial charge is 0.168 e. The molecule has 1 N–H and O–H groups in total. The first kappa shape index (κ1) is 18.6. The standard InChI is InChI=1S/C21H28O3S/c1-2-21(23-13-14-24-21)12-8-4-7-11-19(22)20-15-18(16-25-20)17-9-5-3-6-10-17/h3,5-6,9-10,15-16,19,22H,2,4,7-8,11-14H2,1H3. The van der Waals surface area contributed by atoms with Crippen molar-refractivity contribution in [2.75, 3.05) is 13.2 Å². The quantitative estimate of drug-likeness (QED) is 0.596. The van der Waals surface area contributed by atoms with Gasteiger partial charge >= 0.3 is 0 Å². The van der Waals surface area contributed by atoms with Gasteiger partial charge in [0.15, 0.2) is 5.79 Å². The molecule has 3 nitrogen and oxygen atoms in total. The number of benzene rings is 1. The number of hydrogen-bond donors (Lipinski definition) is 1. The summed E-state index contributed by atoms with van der Waals surface area (Å²) in [5.41, 5.74) is 2.40. The van der Waals surface area contributed by atoms with E-state index in [4.69, 9.17) is 9.47 Å². The highest BCUT2D eigenvalue weighted by Crippen LogP contribution is 2.32. The van der Waals surface area contributed by atoms with E-state index >= 15 is 0 Å². The van der Waals surface area contributed by atoms with Gasteiger partial charge in [0.05, 0.1) is 19.3 Å². The molecule has 1 unspecified atom stereocenters. The number of thiophene rings is 1. The zero-order chi connectivity index (χ0) is 17.5. The predicted molar refractivity (Wildman–Crippen MR) is 103 cm³/mol. The van der Waals surface area contributed by atoms with Gasteiger partial charge < -0.3 is 14.6 Å². The van der Waals surface area contributed by atoms with Crippen LogP contribution in [-0.4, -0.2) is 24.1 Å². The average molecular weight is 361 g/mol. The Morgan fingerprint density at radius 3 is 2.56 bits per heavy atom. The number of aliphatic hydroxyl groups is 1. The molecular formula is C21H28O3S. The molecule has 25 heavy (non-hydrogen) atoms. The lowest BCUT2D eigenvalue weighted by Gasteiger charge is -2.25. The summed E-state index contributed by atoms with van der Waals surface area (Å²) < 4.78 is 11.5. The van der Waals surface area contributed by atoms with E-state index in [1.807, 2.05) is 18.2 Å². The summed E-state index contributed by atoms with van der Waals surface area (Å²) in [5.74, 6) is -0.336. The van der Waals surface area contributed by atoms with E-state index in [1.165, 1.54) is 11.1 Å². The van der Waals surface area contributed by atoms with Gasteiger partial charge in [0.1, 0.15) is 0 Å². The molecular weight excluding hydrogens is 332 g/mol. The first-order valence-corrected chi connectivity index (χ1v) is 10.2. The molecule has 0 aliphatic carbocycles. The van der Waals surface area contributed by atoms with Crippen LogP contribution in [0.3, 0.4) is 0 Å². The van der Waals surface area contributed by atoms with Crippen molar-refractivity contribution in [2.24, 2.45) is 0 Å². The van der Waals surface area contributed by atoms with E-state index < -0.39 is 0 Å². The summed E-state index contributed by atoms with van der Waals surface area (Å²) in [4.78, 5) is 1.06. The molecule has 0 bridgehead atoms. The lowest BCUT2D eigenvalue weighted by atomic mass is 10.0. The maximum absolute atomic E-state index is 10.4. The van der Waals surface area contributed by atoms with Crippen molar-refractivity contribution in [3.8, 4) is 11.1 Å². The first-order chi connectivity index (χ1) is 12.2. The predicted octanol–water partition coefficient (Wildman–Crippen LogP) is 5.55. The van der Waals surface area contributed by atoms with Gasteiger partial charge in [-0.1, -0.05) is 50.1 Å². The Kier molecular flexibility index (Phi) is 6.65. The normalized spacial score (nSPS) is 17.7. The molecule has 1 fully saturated rings. The van der Waals surface area contributed by atoms with E-state index in [9.17, 15) is 5.11 Å². The molecule has 3 rings (SSSR count). The lowest BCUT2D eigenvalue weighted by Crippen LogP contribution is -2.28. The van der Waals surface area contributed by atoms with Crippen LogP contribution in [0.2, 0.25) is 0 Å². The third-order valence-corrected chi connectivity index (χ3v) is 5.98. The number of unbranched alkanes of at least 4 members (excludes halogenated alkanes) is 2. The van der Waals surface area contributed by atoms with Crippen molar-refractivity contribution in [3.63, 3.8) is 0 Å². The number of ether oxygens (including phenoxy) is 2. The maximum Gasteiger partial charge on any atom is 0.168 e.